The highest BCUT2D eigenvalue weighted by Crippen LogP contribution is 2.21. The van der Waals surface area contributed by atoms with Crippen LogP contribution in [0.15, 0.2) is 30.3 Å². The van der Waals surface area contributed by atoms with Crippen LogP contribution >= 0.6 is 0 Å². The molecule has 1 unspecified atom stereocenters. The van der Waals surface area contributed by atoms with Crippen molar-refractivity contribution in [3.63, 3.8) is 0 Å². The number of carbonyl (C=O) groups is 1. The molecule has 0 bridgehead atoms. The Balaban J connectivity index is 2.53. The summed E-state index contributed by atoms with van der Waals surface area (Å²) in [5.41, 5.74) is 1.12. The molecule has 0 aliphatic heterocycles. The van der Waals surface area contributed by atoms with Crippen molar-refractivity contribution in [3.8, 4) is 0 Å². The first-order valence-electron chi connectivity index (χ1n) is 6.76. The van der Waals surface area contributed by atoms with Crippen molar-refractivity contribution in [1.82, 2.24) is 10.6 Å². The van der Waals surface area contributed by atoms with E-state index in [9.17, 15) is 4.79 Å². The van der Waals surface area contributed by atoms with Gasteiger partial charge in [0.25, 0.3) is 0 Å². The Kier molecular flexibility index (Phi) is 7.11. The highest BCUT2D eigenvalue weighted by Gasteiger charge is 2.18. The van der Waals surface area contributed by atoms with E-state index in [0.717, 1.165) is 37.9 Å². The molecular formula is C15H24N2O. The predicted molar refractivity (Wildman–Crippen MR) is 75.6 cm³/mol. The van der Waals surface area contributed by atoms with E-state index in [1.165, 1.54) is 0 Å². The Labute approximate surface area is 110 Å². The van der Waals surface area contributed by atoms with Crippen LogP contribution in [0.3, 0.4) is 0 Å². The van der Waals surface area contributed by atoms with Gasteiger partial charge in [-0.1, -0.05) is 43.7 Å². The van der Waals surface area contributed by atoms with Gasteiger partial charge < -0.3 is 10.6 Å². The Bertz CT molecular complexity index is 338. The average molecular weight is 248 g/mol. The number of rotatable bonds is 8. The standard InChI is InChI=1S/C15H24N2O/c1-3-8-14(13-9-5-4-6-10-13)15(18)17-12-7-11-16-2/h4-6,9-10,14,16H,3,7-8,11-12H2,1-2H3,(H,17,18). The Morgan fingerprint density at radius 2 is 1.94 bits per heavy atom. The van der Waals surface area contributed by atoms with Gasteiger partial charge in [-0.15, -0.1) is 0 Å². The third kappa shape index (κ3) is 4.88. The van der Waals surface area contributed by atoms with Crippen molar-refractivity contribution in [2.75, 3.05) is 20.1 Å². The van der Waals surface area contributed by atoms with Crippen molar-refractivity contribution < 1.29 is 4.79 Å². The monoisotopic (exact) mass is 248 g/mol. The maximum atomic E-state index is 12.2. The molecule has 1 atom stereocenters. The van der Waals surface area contributed by atoms with Gasteiger partial charge in [0.05, 0.1) is 5.92 Å². The molecule has 18 heavy (non-hydrogen) atoms. The van der Waals surface area contributed by atoms with Crippen LogP contribution in [0.5, 0.6) is 0 Å². The summed E-state index contributed by atoms with van der Waals surface area (Å²) in [4.78, 5) is 12.2. The molecule has 0 aliphatic carbocycles. The summed E-state index contributed by atoms with van der Waals surface area (Å²) < 4.78 is 0. The second kappa shape index (κ2) is 8.70. The second-order valence-corrected chi connectivity index (χ2v) is 4.50. The van der Waals surface area contributed by atoms with E-state index in [1.54, 1.807) is 0 Å². The first-order valence-corrected chi connectivity index (χ1v) is 6.76. The number of carbonyl (C=O) groups excluding carboxylic acids is 1. The summed E-state index contributed by atoms with van der Waals surface area (Å²) in [6.45, 7) is 3.79. The Hall–Kier alpha value is -1.35. The smallest absolute Gasteiger partial charge is 0.227 e. The van der Waals surface area contributed by atoms with E-state index in [1.807, 2.05) is 37.4 Å². The van der Waals surface area contributed by atoms with E-state index >= 15 is 0 Å². The molecule has 0 aromatic heterocycles. The van der Waals surface area contributed by atoms with Gasteiger partial charge in [0.15, 0.2) is 0 Å². The maximum absolute atomic E-state index is 12.2. The van der Waals surface area contributed by atoms with Gasteiger partial charge in [-0.05, 0) is 32.0 Å². The fraction of sp³-hybridized carbons (Fsp3) is 0.533. The minimum absolute atomic E-state index is 0.00853. The van der Waals surface area contributed by atoms with E-state index < -0.39 is 0 Å². The number of benzene rings is 1. The highest BCUT2D eigenvalue weighted by molar-refractivity contribution is 5.83. The summed E-state index contributed by atoms with van der Waals surface area (Å²) >= 11 is 0. The van der Waals surface area contributed by atoms with Crippen LogP contribution in [0.4, 0.5) is 0 Å². The summed E-state index contributed by atoms with van der Waals surface area (Å²) in [6, 6.07) is 10.0. The Morgan fingerprint density at radius 3 is 2.56 bits per heavy atom. The van der Waals surface area contributed by atoms with Crippen LogP contribution in [0.25, 0.3) is 0 Å². The van der Waals surface area contributed by atoms with Gasteiger partial charge in [-0.25, -0.2) is 0 Å². The quantitative estimate of drug-likeness (QED) is 0.693. The third-order valence-electron chi connectivity index (χ3n) is 3.00. The molecule has 1 aromatic rings. The molecule has 0 spiro atoms. The molecule has 100 valence electrons. The van der Waals surface area contributed by atoms with E-state index in [0.29, 0.717) is 0 Å². The molecule has 0 fully saturated rings. The molecule has 3 nitrogen and oxygen atoms in total. The SMILES string of the molecule is CCCC(C(=O)NCCCNC)c1ccccc1. The number of nitrogens with one attached hydrogen (secondary N) is 2. The molecule has 0 heterocycles. The van der Waals surface area contributed by atoms with Crippen LogP contribution in [0, 0.1) is 0 Å². The number of hydrogen-bond donors (Lipinski definition) is 2. The van der Waals surface area contributed by atoms with Gasteiger partial charge in [0.2, 0.25) is 5.91 Å². The van der Waals surface area contributed by atoms with E-state index in [-0.39, 0.29) is 11.8 Å². The fourth-order valence-corrected chi connectivity index (χ4v) is 2.02. The molecule has 0 radical (unpaired) electrons. The van der Waals surface area contributed by atoms with Crippen molar-refractivity contribution in [3.05, 3.63) is 35.9 Å². The average Bonchev–Trinajstić information content (AvgIpc) is 2.41. The third-order valence-corrected chi connectivity index (χ3v) is 3.00. The minimum atomic E-state index is -0.00853. The fourth-order valence-electron chi connectivity index (χ4n) is 2.02. The minimum Gasteiger partial charge on any atom is -0.356 e. The maximum Gasteiger partial charge on any atom is 0.227 e. The molecule has 1 amide bonds. The lowest BCUT2D eigenvalue weighted by molar-refractivity contribution is -0.122. The van der Waals surface area contributed by atoms with E-state index in [4.69, 9.17) is 0 Å². The van der Waals surface area contributed by atoms with E-state index in [2.05, 4.69) is 17.6 Å². The number of hydrogen-bond acceptors (Lipinski definition) is 2. The molecule has 0 saturated heterocycles. The summed E-state index contributed by atoms with van der Waals surface area (Å²) in [5, 5.41) is 6.10. The van der Waals surface area contributed by atoms with Gasteiger partial charge in [-0.2, -0.15) is 0 Å². The molecule has 1 rings (SSSR count). The topological polar surface area (TPSA) is 41.1 Å². The zero-order chi connectivity index (χ0) is 13.2. The van der Waals surface area contributed by atoms with Gasteiger partial charge in [0, 0.05) is 6.54 Å². The number of amides is 1. The van der Waals surface area contributed by atoms with Gasteiger partial charge in [0.1, 0.15) is 0 Å². The van der Waals surface area contributed by atoms with Crippen molar-refractivity contribution in [1.29, 1.82) is 0 Å². The molecule has 2 N–H and O–H groups in total. The van der Waals surface area contributed by atoms with Crippen molar-refractivity contribution in [2.24, 2.45) is 0 Å². The molecule has 3 heteroatoms. The first-order chi connectivity index (χ1) is 8.79. The highest BCUT2D eigenvalue weighted by atomic mass is 16.1. The molecule has 0 saturated carbocycles. The van der Waals surface area contributed by atoms with Crippen LogP contribution in [-0.2, 0) is 4.79 Å². The van der Waals surface area contributed by atoms with Crippen LogP contribution in [-0.4, -0.2) is 26.0 Å². The first kappa shape index (κ1) is 14.7. The van der Waals surface area contributed by atoms with Crippen LogP contribution in [0.2, 0.25) is 0 Å². The van der Waals surface area contributed by atoms with Gasteiger partial charge in [-0.3, -0.25) is 4.79 Å². The Morgan fingerprint density at radius 1 is 1.22 bits per heavy atom. The largest absolute Gasteiger partial charge is 0.356 e. The van der Waals surface area contributed by atoms with Crippen molar-refractivity contribution in [2.45, 2.75) is 32.1 Å². The predicted octanol–water partition coefficient (Wildman–Crippen LogP) is 2.30. The zero-order valence-electron chi connectivity index (χ0n) is 11.4. The molecular weight excluding hydrogens is 224 g/mol. The lowest BCUT2D eigenvalue weighted by Gasteiger charge is -2.16. The summed E-state index contributed by atoms with van der Waals surface area (Å²) in [6.07, 6.45) is 2.89. The summed E-state index contributed by atoms with van der Waals surface area (Å²) in [5.74, 6) is 0.143. The second-order valence-electron chi connectivity index (χ2n) is 4.50. The van der Waals surface area contributed by atoms with Crippen LogP contribution < -0.4 is 10.6 Å². The molecule has 1 aromatic carbocycles. The molecule has 0 aliphatic rings. The van der Waals surface area contributed by atoms with Crippen molar-refractivity contribution >= 4 is 5.91 Å². The zero-order valence-corrected chi connectivity index (χ0v) is 11.4. The lowest BCUT2D eigenvalue weighted by Crippen LogP contribution is -2.31. The lowest BCUT2D eigenvalue weighted by atomic mass is 9.93. The van der Waals surface area contributed by atoms with Gasteiger partial charge >= 0.3 is 0 Å². The normalized spacial score (nSPS) is 12.1. The summed E-state index contributed by atoms with van der Waals surface area (Å²) in [7, 11) is 1.92. The van der Waals surface area contributed by atoms with Crippen LogP contribution in [0.1, 0.15) is 37.7 Å².